The number of ether oxygens (including phenoxy) is 1. The van der Waals surface area contributed by atoms with Gasteiger partial charge >= 0.3 is 0 Å². The van der Waals surface area contributed by atoms with E-state index in [1.54, 1.807) is 12.1 Å². The third-order valence-electron chi connectivity index (χ3n) is 3.34. The Balaban J connectivity index is 1.80. The minimum absolute atomic E-state index is 0.181. The number of amides is 1. The fraction of sp³-hybridized carbons (Fsp3) is 0.188. The Morgan fingerprint density at radius 3 is 2.95 bits per heavy atom. The van der Waals surface area contributed by atoms with Gasteiger partial charge in [0.1, 0.15) is 18.2 Å². The van der Waals surface area contributed by atoms with E-state index in [0.29, 0.717) is 23.5 Å². The quantitative estimate of drug-likeness (QED) is 0.911. The van der Waals surface area contributed by atoms with Gasteiger partial charge in [0.15, 0.2) is 0 Å². The van der Waals surface area contributed by atoms with E-state index in [0.717, 1.165) is 5.56 Å². The molecule has 0 fully saturated rings. The van der Waals surface area contributed by atoms with Crippen molar-refractivity contribution in [3.63, 3.8) is 0 Å². The maximum atomic E-state index is 13.3. The van der Waals surface area contributed by atoms with Gasteiger partial charge in [-0.1, -0.05) is 17.7 Å². The molecule has 0 bridgehead atoms. The van der Waals surface area contributed by atoms with E-state index in [9.17, 15) is 9.18 Å². The molecule has 20 heavy (non-hydrogen) atoms. The van der Waals surface area contributed by atoms with Crippen LogP contribution in [0, 0.1) is 12.7 Å². The van der Waals surface area contributed by atoms with Crippen LogP contribution in [0.3, 0.4) is 0 Å². The molecule has 3 nitrogen and oxygen atoms in total. The van der Waals surface area contributed by atoms with E-state index in [1.807, 2.05) is 25.1 Å². The van der Waals surface area contributed by atoms with Crippen LogP contribution in [-0.2, 0) is 0 Å². The van der Waals surface area contributed by atoms with Gasteiger partial charge in [-0.25, -0.2) is 4.39 Å². The highest BCUT2D eigenvalue weighted by Crippen LogP contribution is 2.32. The number of nitrogens with one attached hydrogen (secondary N) is 1. The van der Waals surface area contributed by atoms with Crippen LogP contribution < -0.4 is 10.1 Å². The van der Waals surface area contributed by atoms with Crippen LogP contribution >= 0.6 is 0 Å². The predicted octanol–water partition coefficient (Wildman–Crippen LogP) is 3.00. The fourth-order valence-electron chi connectivity index (χ4n) is 2.33. The summed E-state index contributed by atoms with van der Waals surface area (Å²) >= 11 is 0. The molecular weight excluding hydrogens is 257 g/mol. The van der Waals surface area contributed by atoms with Crippen LogP contribution in [0.25, 0.3) is 0 Å². The van der Waals surface area contributed by atoms with Crippen LogP contribution in [0.4, 0.5) is 4.39 Å². The van der Waals surface area contributed by atoms with Crippen LogP contribution in [0.2, 0.25) is 0 Å². The first kappa shape index (κ1) is 12.7. The zero-order chi connectivity index (χ0) is 14.1. The smallest absolute Gasteiger partial charge is 0.251 e. The Bertz CT molecular complexity index is 669. The summed E-state index contributed by atoms with van der Waals surface area (Å²) in [4.78, 5) is 12.2. The normalized spacial score (nSPS) is 16.4. The molecule has 0 aliphatic carbocycles. The molecule has 1 heterocycles. The Morgan fingerprint density at radius 1 is 1.30 bits per heavy atom. The van der Waals surface area contributed by atoms with Gasteiger partial charge in [-0.3, -0.25) is 4.79 Å². The second-order valence-electron chi connectivity index (χ2n) is 4.89. The summed E-state index contributed by atoms with van der Waals surface area (Å²) in [5.41, 5.74) is 2.30. The van der Waals surface area contributed by atoms with Gasteiger partial charge in [-0.05, 0) is 37.3 Å². The van der Waals surface area contributed by atoms with Crippen molar-refractivity contribution in [1.82, 2.24) is 5.32 Å². The van der Waals surface area contributed by atoms with Gasteiger partial charge in [0.25, 0.3) is 5.91 Å². The lowest BCUT2D eigenvalue weighted by Gasteiger charge is -2.12. The van der Waals surface area contributed by atoms with Crippen LogP contribution in [0.5, 0.6) is 5.75 Å². The number of carbonyl (C=O) groups is 1. The minimum atomic E-state index is -0.330. The topological polar surface area (TPSA) is 38.3 Å². The summed E-state index contributed by atoms with van der Waals surface area (Å²) in [5, 5.41) is 2.88. The van der Waals surface area contributed by atoms with Crippen LogP contribution in [0.1, 0.15) is 27.5 Å². The molecule has 2 aromatic carbocycles. The zero-order valence-electron chi connectivity index (χ0n) is 11.0. The molecule has 0 saturated carbocycles. The molecule has 0 aromatic heterocycles. The number of hydrogen-bond acceptors (Lipinski definition) is 2. The van der Waals surface area contributed by atoms with Crippen LogP contribution in [-0.4, -0.2) is 12.5 Å². The fourth-order valence-corrected chi connectivity index (χ4v) is 2.33. The molecule has 3 rings (SSSR count). The SMILES string of the molecule is Cc1cccc(C(=O)NC2COc3ccc(F)cc32)c1. The number of hydrogen-bond donors (Lipinski definition) is 1. The number of rotatable bonds is 2. The molecule has 2 aromatic rings. The number of benzene rings is 2. The maximum Gasteiger partial charge on any atom is 0.251 e. The largest absolute Gasteiger partial charge is 0.491 e. The molecule has 0 saturated heterocycles. The highest BCUT2D eigenvalue weighted by atomic mass is 19.1. The molecule has 4 heteroatoms. The highest BCUT2D eigenvalue weighted by Gasteiger charge is 2.26. The molecule has 102 valence electrons. The Morgan fingerprint density at radius 2 is 2.15 bits per heavy atom. The minimum Gasteiger partial charge on any atom is -0.491 e. The van der Waals surface area contributed by atoms with Gasteiger partial charge in [0, 0.05) is 11.1 Å². The van der Waals surface area contributed by atoms with Crippen molar-refractivity contribution in [2.45, 2.75) is 13.0 Å². The number of halogens is 1. The predicted molar refractivity (Wildman–Crippen MR) is 73.3 cm³/mol. The first-order valence-electron chi connectivity index (χ1n) is 6.43. The zero-order valence-corrected chi connectivity index (χ0v) is 11.0. The Hall–Kier alpha value is -2.36. The van der Waals surface area contributed by atoms with E-state index < -0.39 is 0 Å². The van der Waals surface area contributed by atoms with Crippen molar-refractivity contribution in [3.05, 3.63) is 65.0 Å². The Kier molecular flexibility index (Phi) is 3.14. The van der Waals surface area contributed by atoms with Gasteiger partial charge < -0.3 is 10.1 Å². The average Bonchev–Trinajstić information content (AvgIpc) is 2.81. The van der Waals surface area contributed by atoms with Gasteiger partial charge in [0.05, 0.1) is 6.04 Å². The van der Waals surface area contributed by atoms with Crippen molar-refractivity contribution >= 4 is 5.91 Å². The van der Waals surface area contributed by atoms with Crippen LogP contribution in [0.15, 0.2) is 42.5 Å². The van der Waals surface area contributed by atoms with E-state index >= 15 is 0 Å². The molecule has 0 spiro atoms. The molecule has 1 aliphatic rings. The third kappa shape index (κ3) is 2.37. The summed E-state index contributed by atoms with van der Waals surface area (Å²) in [7, 11) is 0. The van der Waals surface area contributed by atoms with E-state index in [4.69, 9.17) is 4.74 Å². The maximum absolute atomic E-state index is 13.3. The first-order chi connectivity index (χ1) is 9.63. The van der Waals surface area contributed by atoms with Gasteiger partial charge in [-0.2, -0.15) is 0 Å². The summed E-state index contributed by atoms with van der Waals surface area (Å²) < 4.78 is 18.7. The molecular formula is C16H14FNO2. The number of fused-ring (bicyclic) bond motifs is 1. The summed E-state index contributed by atoms with van der Waals surface area (Å²) in [5.74, 6) is 0.115. The molecule has 1 aliphatic heterocycles. The second-order valence-corrected chi connectivity index (χ2v) is 4.89. The van der Waals surface area contributed by atoms with Crippen molar-refractivity contribution in [3.8, 4) is 5.75 Å². The molecule has 1 amide bonds. The lowest BCUT2D eigenvalue weighted by molar-refractivity contribution is 0.0930. The van der Waals surface area contributed by atoms with Gasteiger partial charge in [0.2, 0.25) is 0 Å². The first-order valence-corrected chi connectivity index (χ1v) is 6.43. The highest BCUT2D eigenvalue weighted by molar-refractivity contribution is 5.94. The number of aryl methyl sites for hydroxylation is 1. The summed E-state index contributed by atoms with van der Waals surface area (Å²) in [6.45, 7) is 2.26. The van der Waals surface area contributed by atoms with Crippen molar-refractivity contribution < 1.29 is 13.9 Å². The lowest BCUT2D eigenvalue weighted by Crippen LogP contribution is -2.29. The van der Waals surface area contributed by atoms with E-state index in [2.05, 4.69) is 5.32 Å². The average molecular weight is 271 g/mol. The summed E-state index contributed by atoms with van der Waals surface area (Å²) in [6.07, 6.45) is 0. The lowest BCUT2D eigenvalue weighted by atomic mass is 10.1. The molecule has 1 unspecified atom stereocenters. The van der Waals surface area contributed by atoms with Gasteiger partial charge in [-0.15, -0.1) is 0 Å². The second kappa shape index (κ2) is 4.96. The third-order valence-corrected chi connectivity index (χ3v) is 3.34. The molecule has 0 radical (unpaired) electrons. The standard InChI is InChI=1S/C16H14FNO2/c1-10-3-2-4-11(7-10)16(19)18-14-9-20-15-6-5-12(17)8-13(14)15/h2-8,14H,9H2,1H3,(H,18,19). The van der Waals surface area contributed by atoms with Crippen molar-refractivity contribution in [1.29, 1.82) is 0 Å². The van der Waals surface area contributed by atoms with E-state index in [-0.39, 0.29) is 17.8 Å². The van der Waals surface area contributed by atoms with Crippen molar-refractivity contribution in [2.24, 2.45) is 0 Å². The van der Waals surface area contributed by atoms with E-state index in [1.165, 1.54) is 12.1 Å². The molecule has 1 N–H and O–H groups in total. The number of carbonyl (C=O) groups excluding carboxylic acids is 1. The van der Waals surface area contributed by atoms with Crippen molar-refractivity contribution in [2.75, 3.05) is 6.61 Å². The summed E-state index contributed by atoms with van der Waals surface area (Å²) in [6, 6.07) is 11.4. The molecule has 1 atom stereocenters. The monoisotopic (exact) mass is 271 g/mol. The Labute approximate surface area is 116 Å².